The smallest absolute Gasteiger partial charge is 0.266 e. The zero-order valence-corrected chi connectivity index (χ0v) is 20.6. The van der Waals surface area contributed by atoms with E-state index in [1.54, 1.807) is 20.2 Å². The van der Waals surface area contributed by atoms with Crippen LogP contribution in [0.3, 0.4) is 0 Å². The van der Waals surface area contributed by atoms with Gasteiger partial charge in [-0.25, -0.2) is 4.99 Å². The third-order valence-corrected chi connectivity index (χ3v) is 6.74. The summed E-state index contributed by atoms with van der Waals surface area (Å²) in [5, 5.41) is 1.14. The molecule has 1 aliphatic heterocycles. The summed E-state index contributed by atoms with van der Waals surface area (Å²) >= 11 is 10.8. The van der Waals surface area contributed by atoms with Crippen molar-refractivity contribution in [1.29, 1.82) is 0 Å². The summed E-state index contributed by atoms with van der Waals surface area (Å²) in [5.41, 5.74) is 2.46. The van der Waals surface area contributed by atoms with Crippen LogP contribution in [0.1, 0.15) is 18.1 Å². The average molecular weight is 522 g/mol. The molecule has 2 aromatic carbocycles. The van der Waals surface area contributed by atoms with Gasteiger partial charge >= 0.3 is 0 Å². The van der Waals surface area contributed by atoms with Crippen LogP contribution in [0.4, 0.5) is 5.69 Å². The molecule has 0 N–H and O–H groups in total. The minimum Gasteiger partial charge on any atom is -0.493 e. The molecule has 0 aromatic heterocycles. The van der Waals surface area contributed by atoms with Crippen molar-refractivity contribution >= 4 is 62.1 Å². The van der Waals surface area contributed by atoms with E-state index >= 15 is 0 Å². The molecule has 0 aliphatic carbocycles. The van der Waals surface area contributed by atoms with E-state index in [4.69, 9.17) is 21.1 Å². The van der Waals surface area contributed by atoms with Crippen LogP contribution in [0.5, 0.6) is 11.5 Å². The third kappa shape index (κ3) is 5.34. The van der Waals surface area contributed by atoms with Crippen LogP contribution in [-0.4, -0.2) is 36.7 Å². The predicted molar refractivity (Wildman–Crippen MR) is 133 cm³/mol. The van der Waals surface area contributed by atoms with Gasteiger partial charge < -0.3 is 9.47 Å². The number of carbonyl (C=O) groups excluding carboxylic acids is 1. The number of thioether (sulfide) groups is 1. The van der Waals surface area contributed by atoms with Gasteiger partial charge in [0.1, 0.15) is 0 Å². The molecule has 0 unspecified atom stereocenters. The molecule has 0 atom stereocenters. The van der Waals surface area contributed by atoms with Crippen molar-refractivity contribution in [3.05, 3.63) is 68.5 Å². The van der Waals surface area contributed by atoms with E-state index in [0.29, 0.717) is 45.3 Å². The van der Waals surface area contributed by atoms with E-state index in [1.807, 2.05) is 43.3 Å². The Morgan fingerprint density at radius 3 is 2.74 bits per heavy atom. The molecule has 8 heteroatoms. The quantitative estimate of drug-likeness (QED) is 0.309. The van der Waals surface area contributed by atoms with Crippen molar-refractivity contribution in [1.82, 2.24) is 4.90 Å². The van der Waals surface area contributed by atoms with Gasteiger partial charge in [0.05, 0.1) is 29.3 Å². The number of methoxy groups -OCH3 is 1. The molecule has 1 fully saturated rings. The van der Waals surface area contributed by atoms with Gasteiger partial charge in [-0.3, -0.25) is 9.69 Å². The molecule has 5 nitrogen and oxygen atoms in total. The highest BCUT2D eigenvalue weighted by Gasteiger charge is 2.30. The lowest BCUT2D eigenvalue weighted by atomic mass is 10.0. The first-order chi connectivity index (χ1) is 14.9. The van der Waals surface area contributed by atoms with Gasteiger partial charge in [-0.2, -0.15) is 0 Å². The number of rotatable bonds is 7. The van der Waals surface area contributed by atoms with Crippen LogP contribution in [0.2, 0.25) is 5.02 Å². The maximum absolute atomic E-state index is 12.8. The number of amidine groups is 1. The summed E-state index contributed by atoms with van der Waals surface area (Å²) < 4.78 is 12.1. The highest BCUT2D eigenvalue weighted by Crippen LogP contribution is 2.38. The fraction of sp³-hybridized carbons (Fsp3) is 0.217. The zero-order valence-electron chi connectivity index (χ0n) is 17.4. The molecule has 0 saturated carbocycles. The minimum absolute atomic E-state index is 0.119. The highest BCUT2D eigenvalue weighted by atomic mass is 79.9. The number of halogens is 2. The van der Waals surface area contributed by atoms with Crippen LogP contribution in [0.25, 0.3) is 6.08 Å². The fourth-order valence-corrected chi connectivity index (χ4v) is 4.44. The van der Waals surface area contributed by atoms with Gasteiger partial charge in [0, 0.05) is 17.1 Å². The molecule has 1 aliphatic rings. The molecule has 3 rings (SSSR count). The van der Waals surface area contributed by atoms with Gasteiger partial charge in [-0.05, 0) is 83.0 Å². The highest BCUT2D eigenvalue weighted by molar-refractivity contribution is 9.10. The first kappa shape index (κ1) is 23.4. The molecule has 0 bridgehead atoms. The zero-order chi connectivity index (χ0) is 22.5. The van der Waals surface area contributed by atoms with Crippen molar-refractivity contribution < 1.29 is 14.3 Å². The number of hydrogen-bond acceptors (Lipinski definition) is 5. The molecule has 1 heterocycles. The number of amides is 1. The molecule has 1 amide bonds. The molecule has 31 heavy (non-hydrogen) atoms. The number of carbonyl (C=O) groups is 1. The Morgan fingerprint density at radius 2 is 2.10 bits per heavy atom. The van der Waals surface area contributed by atoms with E-state index < -0.39 is 0 Å². The topological polar surface area (TPSA) is 51.1 Å². The second kappa shape index (κ2) is 10.4. The summed E-state index contributed by atoms with van der Waals surface area (Å²) in [5.74, 6) is 1.20. The van der Waals surface area contributed by atoms with Crippen LogP contribution >= 0.6 is 39.3 Å². The van der Waals surface area contributed by atoms with Crippen molar-refractivity contribution in [3.63, 3.8) is 0 Å². The molecule has 2 aromatic rings. The Labute approximate surface area is 199 Å². The van der Waals surface area contributed by atoms with Gasteiger partial charge in [0.15, 0.2) is 16.7 Å². The lowest BCUT2D eigenvalue weighted by Crippen LogP contribution is -2.23. The maximum Gasteiger partial charge on any atom is 0.266 e. The van der Waals surface area contributed by atoms with E-state index in [2.05, 4.69) is 27.5 Å². The van der Waals surface area contributed by atoms with Gasteiger partial charge in [-0.1, -0.05) is 17.7 Å². The summed E-state index contributed by atoms with van der Waals surface area (Å²) in [6.07, 6.45) is 4.27. The second-order valence-corrected chi connectivity index (χ2v) is 8.88. The number of hydrogen-bond donors (Lipinski definition) is 0. The SMILES string of the molecule is C=CCc1cc(/C=C2\SC(=Nc3ccc(Br)c(Cl)c3)N(C)C2=O)cc(OCC)c1OC. The Balaban J connectivity index is 1.97. The number of aliphatic imine (C=N–C) groups is 1. The number of likely N-dealkylation sites (N-methyl/N-ethyl adjacent to an activating group) is 1. The molecule has 0 spiro atoms. The molecule has 162 valence electrons. The molecule has 1 saturated heterocycles. The fourth-order valence-electron chi connectivity index (χ4n) is 3.04. The number of allylic oxidation sites excluding steroid dienone is 1. The van der Waals surface area contributed by atoms with Crippen molar-refractivity contribution in [3.8, 4) is 11.5 Å². The minimum atomic E-state index is -0.119. The van der Waals surface area contributed by atoms with Gasteiger partial charge in [0.25, 0.3) is 5.91 Å². The molecule has 0 radical (unpaired) electrons. The average Bonchev–Trinajstić information content (AvgIpc) is 2.99. The number of nitrogens with zero attached hydrogens (tertiary/aromatic N) is 2. The number of ether oxygens (including phenoxy) is 2. The summed E-state index contributed by atoms with van der Waals surface area (Å²) in [7, 11) is 3.32. The van der Waals surface area contributed by atoms with Gasteiger partial charge in [0.2, 0.25) is 0 Å². The van der Waals surface area contributed by atoms with Crippen molar-refractivity contribution in [2.75, 3.05) is 20.8 Å². The summed E-state index contributed by atoms with van der Waals surface area (Å²) in [6, 6.07) is 9.27. The summed E-state index contributed by atoms with van der Waals surface area (Å²) in [6.45, 7) is 6.24. The lowest BCUT2D eigenvalue weighted by molar-refractivity contribution is -0.121. The van der Waals surface area contributed by atoms with Crippen LogP contribution < -0.4 is 9.47 Å². The van der Waals surface area contributed by atoms with E-state index in [9.17, 15) is 4.79 Å². The Kier molecular flexibility index (Phi) is 7.86. The standard InChI is InChI=1S/C23H22BrClN2O3S/c1-5-7-15-10-14(11-19(30-6-2)21(15)29-4)12-20-22(28)27(3)23(31-20)26-16-8-9-17(24)18(25)13-16/h5,8-13H,1,6-7H2,2-4H3/b20-12-,26-23?. The lowest BCUT2D eigenvalue weighted by Gasteiger charge is -2.14. The molecular weight excluding hydrogens is 500 g/mol. The van der Waals surface area contributed by atoms with E-state index in [0.717, 1.165) is 15.6 Å². The van der Waals surface area contributed by atoms with Crippen LogP contribution in [0, 0.1) is 0 Å². The maximum atomic E-state index is 12.8. The third-order valence-electron chi connectivity index (χ3n) is 4.45. The van der Waals surface area contributed by atoms with Crippen molar-refractivity contribution in [2.24, 2.45) is 4.99 Å². The van der Waals surface area contributed by atoms with Gasteiger partial charge in [-0.15, -0.1) is 6.58 Å². The Bertz CT molecular complexity index is 1080. The Hall–Kier alpha value is -2.22. The largest absolute Gasteiger partial charge is 0.493 e. The number of benzene rings is 2. The second-order valence-electron chi connectivity index (χ2n) is 6.60. The first-order valence-electron chi connectivity index (χ1n) is 9.53. The van der Waals surface area contributed by atoms with Crippen LogP contribution in [0.15, 0.2) is 57.4 Å². The van der Waals surface area contributed by atoms with Crippen molar-refractivity contribution in [2.45, 2.75) is 13.3 Å². The van der Waals surface area contributed by atoms with Crippen LogP contribution in [-0.2, 0) is 11.2 Å². The first-order valence-corrected chi connectivity index (χ1v) is 11.5. The normalized spacial score (nSPS) is 16.3. The predicted octanol–water partition coefficient (Wildman–Crippen LogP) is 6.47. The monoisotopic (exact) mass is 520 g/mol. The summed E-state index contributed by atoms with van der Waals surface area (Å²) in [4.78, 5) is 19.5. The van der Waals surface area contributed by atoms with E-state index in [1.165, 1.54) is 16.7 Å². The molecular formula is C23H22BrClN2O3S. The Morgan fingerprint density at radius 1 is 1.32 bits per heavy atom. The van der Waals surface area contributed by atoms with E-state index in [-0.39, 0.29) is 5.91 Å².